The largest absolute Gasteiger partial charge is 0.268 e. The third-order valence-electron chi connectivity index (χ3n) is 3.14. The van der Waals surface area contributed by atoms with Gasteiger partial charge in [0, 0.05) is 0 Å². The lowest BCUT2D eigenvalue weighted by Gasteiger charge is -2.14. The van der Waals surface area contributed by atoms with Crippen molar-refractivity contribution < 1.29 is 0 Å². The van der Waals surface area contributed by atoms with Crippen LogP contribution in [0.25, 0.3) is 16.6 Å². The fraction of sp³-hybridized carbons (Fsp3) is 0.0667. The minimum Gasteiger partial charge on any atom is -0.268 e. The minimum atomic E-state index is -0.167. The fourth-order valence-corrected chi connectivity index (χ4v) is 2.97. The van der Waals surface area contributed by atoms with Gasteiger partial charge in [0.2, 0.25) is 0 Å². The molecule has 1 aromatic heterocycles. The van der Waals surface area contributed by atoms with Crippen molar-refractivity contribution in [2.75, 3.05) is 0 Å². The summed E-state index contributed by atoms with van der Waals surface area (Å²) in [6.45, 7) is 0. The topological polar surface area (TPSA) is 34.9 Å². The van der Waals surface area contributed by atoms with Crippen LogP contribution in [0.2, 0.25) is 5.02 Å². The summed E-state index contributed by atoms with van der Waals surface area (Å²) >= 11 is 15.5. The zero-order chi connectivity index (χ0) is 15.0. The average molecular weight is 384 g/mol. The van der Waals surface area contributed by atoms with Gasteiger partial charge in [-0.1, -0.05) is 29.8 Å². The smallest absolute Gasteiger partial charge is 0.266 e. The molecule has 0 saturated heterocycles. The van der Waals surface area contributed by atoms with E-state index in [9.17, 15) is 4.79 Å². The van der Waals surface area contributed by atoms with Gasteiger partial charge >= 0.3 is 0 Å². The van der Waals surface area contributed by atoms with Crippen LogP contribution in [0.15, 0.2) is 51.7 Å². The second kappa shape index (κ2) is 5.79. The van der Waals surface area contributed by atoms with E-state index in [1.54, 1.807) is 30.3 Å². The summed E-state index contributed by atoms with van der Waals surface area (Å²) in [5, 5.41) is 1.06. The molecule has 0 fully saturated rings. The molecule has 0 aliphatic rings. The summed E-state index contributed by atoms with van der Waals surface area (Å²) < 4.78 is 2.13. The summed E-state index contributed by atoms with van der Waals surface area (Å²) in [4.78, 5) is 17.2. The predicted octanol–water partition coefficient (Wildman–Crippen LogP) is 4.54. The maximum absolute atomic E-state index is 12.8. The van der Waals surface area contributed by atoms with E-state index in [2.05, 4.69) is 20.9 Å². The van der Waals surface area contributed by atoms with Crippen LogP contribution in [-0.4, -0.2) is 9.55 Å². The molecule has 0 N–H and O–H groups in total. The summed E-state index contributed by atoms with van der Waals surface area (Å²) in [5.74, 6) is 0.599. The lowest BCUT2D eigenvalue weighted by molar-refractivity contribution is 0.878. The first kappa shape index (κ1) is 14.6. The molecule has 2 aromatic carbocycles. The first-order valence-corrected chi connectivity index (χ1v) is 7.85. The van der Waals surface area contributed by atoms with Crippen LogP contribution in [0.5, 0.6) is 0 Å². The molecule has 0 spiro atoms. The molecule has 106 valence electrons. The highest BCUT2D eigenvalue weighted by Crippen LogP contribution is 2.29. The molecule has 0 unspecified atom stereocenters. The number of nitrogens with zero attached hydrogens (tertiary/aromatic N) is 2. The lowest BCUT2D eigenvalue weighted by Crippen LogP contribution is -2.23. The van der Waals surface area contributed by atoms with E-state index in [1.807, 2.05) is 12.1 Å². The lowest BCUT2D eigenvalue weighted by atomic mass is 10.2. The Bertz CT molecular complexity index is 892. The maximum atomic E-state index is 12.8. The van der Waals surface area contributed by atoms with Crippen LogP contribution >= 0.6 is 39.1 Å². The Balaban J connectivity index is 2.44. The van der Waals surface area contributed by atoms with Gasteiger partial charge in [-0.05, 0) is 40.2 Å². The van der Waals surface area contributed by atoms with Gasteiger partial charge in [-0.25, -0.2) is 4.98 Å². The predicted molar refractivity (Wildman–Crippen MR) is 89.6 cm³/mol. The Morgan fingerprint density at radius 1 is 1.14 bits per heavy atom. The van der Waals surface area contributed by atoms with Crippen molar-refractivity contribution in [2.45, 2.75) is 5.88 Å². The molecular formula is C15H9BrCl2N2O. The quantitative estimate of drug-likeness (QED) is 0.609. The monoisotopic (exact) mass is 382 g/mol. The summed E-state index contributed by atoms with van der Waals surface area (Å²) in [6.07, 6.45) is 0. The molecule has 0 radical (unpaired) electrons. The number of fused-ring (bicyclic) bond motifs is 1. The van der Waals surface area contributed by atoms with Gasteiger partial charge in [0.25, 0.3) is 5.56 Å². The number of benzene rings is 2. The van der Waals surface area contributed by atoms with Crippen LogP contribution in [0, 0.1) is 0 Å². The Kier molecular flexibility index (Phi) is 4.02. The molecule has 0 bridgehead atoms. The van der Waals surface area contributed by atoms with E-state index in [4.69, 9.17) is 23.2 Å². The number of para-hydroxylation sites is 1. The van der Waals surface area contributed by atoms with Crippen molar-refractivity contribution in [1.82, 2.24) is 9.55 Å². The first-order valence-electron chi connectivity index (χ1n) is 6.14. The van der Waals surface area contributed by atoms with Gasteiger partial charge in [0.15, 0.2) is 0 Å². The average Bonchev–Trinajstić information content (AvgIpc) is 2.50. The van der Waals surface area contributed by atoms with Gasteiger partial charge in [-0.3, -0.25) is 9.36 Å². The van der Waals surface area contributed by atoms with E-state index in [-0.39, 0.29) is 11.4 Å². The Morgan fingerprint density at radius 2 is 1.90 bits per heavy atom. The van der Waals surface area contributed by atoms with Crippen molar-refractivity contribution >= 4 is 50.0 Å². The second-order valence-corrected chi connectivity index (χ2v) is 5.86. The summed E-state index contributed by atoms with van der Waals surface area (Å²) in [7, 11) is 0. The van der Waals surface area contributed by atoms with Crippen molar-refractivity contribution in [1.29, 1.82) is 0 Å². The summed E-state index contributed by atoms with van der Waals surface area (Å²) in [6, 6.07) is 12.5. The van der Waals surface area contributed by atoms with E-state index in [0.717, 1.165) is 0 Å². The third-order valence-corrected chi connectivity index (χ3v) is 4.75. The van der Waals surface area contributed by atoms with Crippen LogP contribution in [0.1, 0.15) is 5.82 Å². The minimum absolute atomic E-state index is 0.124. The zero-order valence-corrected chi connectivity index (χ0v) is 13.8. The second-order valence-electron chi connectivity index (χ2n) is 4.39. The molecule has 0 atom stereocenters. The molecule has 0 aliphatic carbocycles. The molecule has 0 saturated carbocycles. The Hall–Kier alpha value is -1.36. The van der Waals surface area contributed by atoms with E-state index < -0.39 is 0 Å². The van der Waals surface area contributed by atoms with E-state index >= 15 is 0 Å². The van der Waals surface area contributed by atoms with Crippen LogP contribution in [0.3, 0.4) is 0 Å². The van der Waals surface area contributed by atoms with Gasteiger partial charge in [-0.2, -0.15) is 0 Å². The van der Waals surface area contributed by atoms with Gasteiger partial charge in [0.1, 0.15) is 5.82 Å². The molecule has 0 aliphatic heterocycles. The third kappa shape index (κ3) is 2.48. The van der Waals surface area contributed by atoms with Crippen LogP contribution < -0.4 is 5.56 Å². The van der Waals surface area contributed by atoms with Crippen molar-refractivity contribution in [2.24, 2.45) is 0 Å². The standard InChI is InChI=1S/C15H9BrCl2N2O/c16-14-10(18)5-3-7-12(14)20-13(8-17)19-11-6-2-1-4-9(11)15(20)21/h1-7H,8H2. The maximum Gasteiger partial charge on any atom is 0.266 e. The van der Waals surface area contributed by atoms with Gasteiger partial charge < -0.3 is 0 Å². The normalized spacial score (nSPS) is 11.0. The van der Waals surface area contributed by atoms with Gasteiger partial charge in [0.05, 0.1) is 32.0 Å². The molecule has 3 aromatic rings. The number of alkyl halides is 1. The van der Waals surface area contributed by atoms with E-state index in [0.29, 0.717) is 31.9 Å². The SMILES string of the molecule is O=c1c2ccccc2nc(CCl)n1-c1cccc(Cl)c1Br. The highest BCUT2D eigenvalue weighted by atomic mass is 79.9. The summed E-state index contributed by atoms with van der Waals surface area (Å²) in [5.41, 5.74) is 1.09. The number of halogens is 3. The molecule has 6 heteroatoms. The Morgan fingerprint density at radius 3 is 2.67 bits per heavy atom. The molecule has 3 nitrogen and oxygen atoms in total. The Labute approximate surface area is 139 Å². The number of rotatable bonds is 2. The molecule has 21 heavy (non-hydrogen) atoms. The highest BCUT2D eigenvalue weighted by molar-refractivity contribution is 9.10. The highest BCUT2D eigenvalue weighted by Gasteiger charge is 2.15. The number of aromatic nitrogens is 2. The molecular weight excluding hydrogens is 375 g/mol. The molecule has 0 amide bonds. The molecule has 1 heterocycles. The van der Waals surface area contributed by atoms with Crippen molar-refractivity contribution in [3.8, 4) is 5.69 Å². The van der Waals surface area contributed by atoms with Crippen LogP contribution in [0.4, 0.5) is 0 Å². The first-order chi connectivity index (χ1) is 10.1. The van der Waals surface area contributed by atoms with Crippen LogP contribution in [-0.2, 0) is 5.88 Å². The fourth-order valence-electron chi connectivity index (χ4n) is 2.18. The van der Waals surface area contributed by atoms with Crippen molar-refractivity contribution in [3.63, 3.8) is 0 Å². The van der Waals surface area contributed by atoms with E-state index in [1.165, 1.54) is 4.57 Å². The van der Waals surface area contributed by atoms with Crippen molar-refractivity contribution in [3.05, 3.63) is 68.1 Å². The zero-order valence-electron chi connectivity index (χ0n) is 10.7. The number of hydrogen-bond acceptors (Lipinski definition) is 2. The van der Waals surface area contributed by atoms with Gasteiger partial charge in [-0.15, -0.1) is 11.6 Å². The number of hydrogen-bond donors (Lipinski definition) is 0. The molecule has 3 rings (SSSR count).